The fourth-order valence-electron chi connectivity index (χ4n) is 2.23. The molecular formula is C12H30AlO2Si2. The Morgan fingerprint density at radius 1 is 0.588 bits per heavy atom. The third-order valence-corrected chi connectivity index (χ3v) is 17.0. The molecule has 0 unspecified atom stereocenters. The predicted octanol–water partition coefficient (Wildman–Crippen LogP) is 4.56. The second-order valence-corrected chi connectivity index (χ2v) is 15.9. The smallest absolute Gasteiger partial charge is 0.528 e. The minimum absolute atomic E-state index is 0.220. The second kappa shape index (κ2) is 8.90. The first-order valence-corrected chi connectivity index (χ1v) is 13.2. The van der Waals surface area contributed by atoms with Crippen molar-refractivity contribution in [2.45, 2.75) is 77.8 Å². The van der Waals surface area contributed by atoms with Crippen LogP contribution in [0.25, 0.3) is 0 Å². The van der Waals surface area contributed by atoms with Gasteiger partial charge in [0.15, 0.2) is 16.6 Å². The summed E-state index contributed by atoms with van der Waals surface area (Å²) in [5.41, 5.74) is 0. The lowest BCUT2D eigenvalue weighted by atomic mass is 10.9. The molecule has 0 spiro atoms. The average molecular weight is 290 g/mol. The molecule has 0 aliphatic carbocycles. The minimum Gasteiger partial charge on any atom is -0.528 e. The molecule has 0 saturated heterocycles. The lowest BCUT2D eigenvalue weighted by Crippen LogP contribution is -2.43. The lowest BCUT2D eigenvalue weighted by molar-refractivity contribution is 0.435. The Balaban J connectivity index is 4.28. The Kier molecular flexibility index (Phi) is 9.36. The largest absolute Gasteiger partial charge is 0.644 e. The van der Waals surface area contributed by atoms with Gasteiger partial charge in [-0.1, -0.05) is 41.5 Å². The Hall–Kier alpha value is 0.886. The van der Waals surface area contributed by atoms with E-state index in [1.165, 1.54) is 36.3 Å². The third kappa shape index (κ3) is 5.18. The molecule has 0 aliphatic heterocycles. The zero-order valence-electron chi connectivity index (χ0n) is 12.6. The van der Waals surface area contributed by atoms with Crippen molar-refractivity contribution in [3.05, 3.63) is 0 Å². The molecule has 0 amide bonds. The quantitative estimate of drug-likeness (QED) is 0.549. The van der Waals surface area contributed by atoms with Gasteiger partial charge in [0.1, 0.15) is 0 Å². The Morgan fingerprint density at radius 2 is 0.824 bits per heavy atom. The SMILES string of the molecule is CC[Si](CC)(CC)[O][Al][O][Si](CC)(CC)CC. The van der Waals surface area contributed by atoms with Gasteiger partial charge in [-0.3, -0.25) is 0 Å². The van der Waals surface area contributed by atoms with Crippen LogP contribution in [0.1, 0.15) is 41.5 Å². The van der Waals surface area contributed by atoms with Crippen molar-refractivity contribution in [2.24, 2.45) is 0 Å². The van der Waals surface area contributed by atoms with Gasteiger partial charge in [0.05, 0.1) is 0 Å². The molecule has 0 heterocycles. The zero-order chi connectivity index (χ0) is 13.4. The Labute approximate surface area is 117 Å². The van der Waals surface area contributed by atoms with E-state index in [-0.39, 0.29) is 15.9 Å². The van der Waals surface area contributed by atoms with Crippen molar-refractivity contribution in [3.8, 4) is 0 Å². The molecule has 0 aliphatic rings. The van der Waals surface area contributed by atoms with Crippen molar-refractivity contribution in [3.63, 3.8) is 0 Å². The normalized spacial score (nSPS) is 12.8. The maximum atomic E-state index is 6.27. The molecule has 0 aromatic rings. The number of rotatable bonds is 10. The van der Waals surface area contributed by atoms with Crippen LogP contribution < -0.4 is 0 Å². The lowest BCUT2D eigenvalue weighted by Gasteiger charge is -2.33. The summed E-state index contributed by atoms with van der Waals surface area (Å²) in [5.74, 6) is 0. The standard InChI is InChI=1S/2C6H15OSi.Al/c2*1-4-8(7,5-2)6-3;/h2*4-6H2,1-3H3;/q2*-1;+2. The summed E-state index contributed by atoms with van der Waals surface area (Å²) < 4.78 is 12.5. The van der Waals surface area contributed by atoms with Crippen molar-refractivity contribution in [2.75, 3.05) is 0 Å². The van der Waals surface area contributed by atoms with E-state index in [2.05, 4.69) is 41.5 Å². The van der Waals surface area contributed by atoms with Gasteiger partial charge < -0.3 is 6.96 Å². The maximum Gasteiger partial charge on any atom is 0.644 e. The van der Waals surface area contributed by atoms with Gasteiger partial charge in [0, 0.05) is 0 Å². The third-order valence-electron chi connectivity index (χ3n) is 4.46. The molecule has 0 aromatic heterocycles. The summed E-state index contributed by atoms with van der Waals surface area (Å²) in [5, 5.41) is 0. The van der Waals surface area contributed by atoms with E-state index in [1.807, 2.05) is 0 Å². The molecular weight excluding hydrogens is 259 g/mol. The molecule has 5 heteroatoms. The molecule has 101 valence electrons. The van der Waals surface area contributed by atoms with Gasteiger partial charge >= 0.3 is 15.9 Å². The first kappa shape index (κ1) is 17.9. The van der Waals surface area contributed by atoms with Crippen LogP contribution in [0.15, 0.2) is 0 Å². The highest BCUT2D eigenvalue weighted by molar-refractivity contribution is 6.80. The van der Waals surface area contributed by atoms with Crippen LogP contribution in [0, 0.1) is 0 Å². The van der Waals surface area contributed by atoms with Gasteiger partial charge in [0.2, 0.25) is 0 Å². The van der Waals surface area contributed by atoms with Gasteiger partial charge in [-0.15, -0.1) is 0 Å². The van der Waals surface area contributed by atoms with Crippen LogP contribution in [0.5, 0.6) is 0 Å². The van der Waals surface area contributed by atoms with E-state index < -0.39 is 16.6 Å². The first-order valence-electron chi connectivity index (χ1n) is 7.24. The van der Waals surface area contributed by atoms with Gasteiger partial charge in [-0.05, 0) is 36.3 Å². The van der Waals surface area contributed by atoms with Gasteiger partial charge in [0.25, 0.3) is 0 Å². The molecule has 1 radical (unpaired) electrons. The van der Waals surface area contributed by atoms with E-state index in [9.17, 15) is 0 Å². The van der Waals surface area contributed by atoms with Crippen LogP contribution in [0.2, 0.25) is 36.3 Å². The van der Waals surface area contributed by atoms with Crippen molar-refractivity contribution in [1.82, 2.24) is 0 Å². The molecule has 0 N–H and O–H groups in total. The van der Waals surface area contributed by atoms with E-state index in [0.29, 0.717) is 0 Å². The molecule has 17 heavy (non-hydrogen) atoms. The molecule has 2 nitrogen and oxygen atoms in total. The van der Waals surface area contributed by atoms with Crippen LogP contribution in [-0.4, -0.2) is 32.5 Å². The summed E-state index contributed by atoms with van der Waals surface area (Å²) >= 11 is -0.220. The summed E-state index contributed by atoms with van der Waals surface area (Å²) in [6.45, 7) is 13.7. The minimum atomic E-state index is -1.42. The first-order chi connectivity index (χ1) is 8.07. The topological polar surface area (TPSA) is 18.5 Å². The molecule has 0 aromatic carbocycles. The number of hydrogen-bond acceptors (Lipinski definition) is 2. The number of hydrogen-bond donors (Lipinski definition) is 0. The van der Waals surface area contributed by atoms with Gasteiger partial charge in [-0.2, -0.15) is 0 Å². The van der Waals surface area contributed by atoms with E-state index >= 15 is 0 Å². The van der Waals surface area contributed by atoms with E-state index in [1.54, 1.807) is 0 Å². The Bertz CT molecular complexity index is 158. The zero-order valence-corrected chi connectivity index (χ0v) is 15.8. The van der Waals surface area contributed by atoms with Crippen LogP contribution in [0.4, 0.5) is 0 Å². The monoisotopic (exact) mass is 289 g/mol. The fraction of sp³-hybridized carbons (Fsp3) is 1.00. The van der Waals surface area contributed by atoms with Crippen LogP contribution in [-0.2, 0) is 6.96 Å². The highest BCUT2D eigenvalue weighted by atomic mass is 28.4. The average Bonchev–Trinajstić information content (AvgIpc) is 2.41. The van der Waals surface area contributed by atoms with Crippen molar-refractivity contribution in [1.29, 1.82) is 0 Å². The van der Waals surface area contributed by atoms with Crippen molar-refractivity contribution < 1.29 is 6.96 Å². The summed E-state index contributed by atoms with van der Waals surface area (Å²) in [6, 6.07) is 7.39. The highest BCUT2D eigenvalue weighted by Gasteiger charge is 2.33. The predicted molar refractivity (Wildman–Crippen MR) is 82.3 cm³/mol. The summed E-state index contributed by atoms with van der Waals surface area (Å²) in [7, 11) is -2.84. The second-order valence-electron chi connectivity index (χ2n) is 4.82. The maximum absolute atomic E-state index is 6.27. The molecule has 0 rings (SSSR count). The van der Waals surface area contributed by atoms with Crippen LogP contribution >= 0.6 is 0 Å². The summed E-state index contributed by atoms with van der Waals surface area (Å²) in [6.07, 6.45) is 0. The van der Waals surface area contributed by atoms with Crippen LogP contribution in [0.3, 0.4) is 0 Å². The molecule has 0 fully saturated rings. The van der Waals surface area contributed by atoms with Gasteiger partial charge in [-0.25, -0.2) is 0 Å². The molecule has 0 saturated carbocycles. The molecule has 0 bridgehead atoms. The van der Waals surface area contributed by atoms with E-state index in [4.69, 9.17) is 6.96 Å². The fourth-order valence-corrected chi connectivity index (χ4v) is 11.5. The summed E-state index contributed by atoms with van der Waals surface area (Å²) in [4.78, 5) is 0. The van der Waals surface area contributed by atoms with E-state index in [0.717, 1.165) is 0 Å². The Morgan fingerprint density at radius 3 is 1.00 bits per heavy atom. The molecule has 0 atom stereocenters. The highest BCUT2D eigenvalue weighted by Crippen LogP contribution is 2.24. The van der Waals surface area contributed by atoms with Crippen molar-refractivity contribution >= 4 is 32.5 Å².